The van der Waals surface area contributed by atoms with Gasteiger partial charge in [-0.15, -0.1) is 0 Å². The van der Waals surface area contributed by atoms with Crippen molar-refractivity contribution < 1.29 is 48.9 Å². The molecular weight excluding hydrogens is 147 g/mol. The molecule has 0 aromatic rings. The normalized spacial score (nSPS) is 9.60. The first-order chi connectivity index (χ1) is 4.20. The summed E-state index contributed by atoms with van der Waals surface area (Å²) in [6.45, 7) is 0. The number of carbonyl (C=O) groups is 1. The summed E-state index contributed by atoms with van der Waals surface area (Å²) in [6.07, 6.45) is 0.722. The minimum atomic E-state index is -0.707. The maximum absolute atomic E-state index is 10.2. The van der Waals surface area contributed by atoms with Crippen LogP contribution in [0.5, 0.6) is 0 Å². The van der Waals surface area contributed by atoms with Gasteiger partial charge in [0, 0.05) is 6.08 Å². The fourth-order valence-corrected chi connectivity index (χ4v) is 0.214. The summed E-state index contributed by atoms with van der Waals surface area (Å²) in [6, 6.07) is 0. The Labute approximate surface area is 81.1 Å². The molecule has 0 rings (SSSR count). The van der Waals surface area contributed by atoms with Gasteiger partial charge >= 0.3 is 35.5 Å². The average Bonchev–Trinajstić information content (AvgIpc) is 1.87. The maximum atomic E-state index is 10.2. The van der Waals surface area contributed by atoms with Gasteiger partial charge < -0.3 is 14.6 Å². The predicted molar refractivity (Wildman–Crippen MR) is 27.1 cm³/mol. The smallest absolute Gasteiger partial charge is 0.616 e. The minimum Gasteiger partial charge on any atom is -0.616 e. The summed E-state index contributed by atoms with van der Waals surface area (Å²) in [7, 11) is 2.36. The number of carbonyl (C=O) groups excluding carboxylic acids is 1. The molecule has 0 aliphatic rings. The van der Waals surface area contributed by atoms with Crippen LogP contribution in [-0.2, 0) is 14.3 Å². The molecule has 0 spiro atoms. The molecule has 0 aliphatic carbocycles. The van der Waals surface area contributed by atoms with Crippen LogP contribution in [0, 0.1) is 0 Å². The van der Waals surface area contributed by atoms with Gasteiger partial charge in [-0.2, -0.15) is 0 Å². The minimum absolute atomic E-state index is 0. The third-order valence-electron chi connectivity index (χ3n) is 0.638. The van der Waals surface area contributed by atoms with Crippen molar-refractivity contribution in [3.05, 3.63) is 12.0 Å². The first kappa shape index (κ1) is 12.5. The SMILES string of the molecule is COC(=O)/C=C(/[O-])OC.[Na+]. The van der Waals surface area contributed by atoms with Gasteiger partial charge in [0.1, 0.15) is 0 Å². The van der Waals surface area contributed by atoms with Crippen molar-refractivity contribution in [3.8, 4) is 0 Å². The molecule has 10 heavy (non-hydrogen) atoms. The van der Waals surface area contributed by atoms with Gasteiger partial charge in [0.05, 0.1) is 13.1 Å². The van der Waals surface area contributed by atoms with Gasteiger partial charge in [0.25, 0.3) is 0 Å². The molecule has 4 nitrogen and oxygen atoms in total. The monoisotopic (exact) mass is 154 g/mol. The molecule has 0 fully saturated rings. The molecule has 0 atom stereocenters. The van der Waals surface area contributed by atoms with E-state index in [0.717, 1.165) is 6.08 Å². The van der Waals surface area contributed by atoms with Gasteiger partial charge in [-0.05, 0) is 7.11 Å². The van der Waals surface area contributed by atoms with Crippen LogP contribution < -0.4 is 34.7 Å². The van der Waals surface area contributed by atoms with Gasteiger partial charge in [0.15, 0.2) is 0 Å². The molecule has 0 aromatic heterocycles. The Morgan fingerprint density at radius 2 is 1.90 bits per heavy atom. The molecule has 0 heterocycles. The molecule has 0 aromatic carbocycles. The number of rotatable bonds is 2. The summed E-state index contributed by atoms with van der Waals surface area (Å²) >= 11 is 0. The largest absolute Gasteiger partial charge is 1.00 e. The van der Waals surface area contributed by atoms with Crippen molar-refractivity contribution in [3.63, 3.8) is 0 Å². The topological polar surface area (TPSA) is 58.6 Å². The fourth-order valence-electron chi connectivity index (χ4n) is 0.214. The van der Waals surface area contributed by atoms with Crippen molar-refractivity contribution in [2.75, 3.05) is 14.2 Å². The van der Waals surface area contributed by atoms with E-state index >= 15 is 0 Å². The molecule has 0 amide bonds. The van der Waals surface area contributed by atoms with Crippen LogP contribution in [0.3, 0.4) is 0 Å². The second kappa shape index (κ2) is 6.92. The second-order valence-corrected chi connectivity index (χ2v) is 1.19. The Kier molecular flexibility index (Phi) is 8.64. The number of hydrogen-bond donors (Lipinski definition) is 0. The summed E-state index contributed by atoms with van der Waals surface area (Å²) in [5.41, 5.74) is 0. The van der Waals surface area contributed by atoms with E-state index in [0.29, 0.717) is 0 Å². The van der Waals surface area contributed by atoms with E-state index in [2.05, 4.69) is 9.47 Å². The molecule has 0 aliphatic heterocycles. The molecule has 52 valence electrons. The van der Waals surface area contributed by atoms with Gasteiger partial charge in [-0.1, -0.05) is 0 Å². The van der Waals surface area contributed by atoms with Crippen molar-refractivity contribution in [2.45, 2.75) is 0 Å². The van der Waals surface area contributed by atoms with Crippen LogP contribution in [0.2, 0.25) is 0 Å². The average molecular weight is 154 g/mol. The fraction of sp³-hybridized carbons (Fsp3) is 0.400. The van der Waals surface area contributed by atoms with E-state index in [1.54, 1.807) is 0 Å². The molecule has 0 bridgehead atoms. The third-order valence-corrected chi connectivity index (χ3v) is 0.638. The summed E-state index contributed by atoms with van der Waals surface area (Å²) in [4.78, 5) is 10.2. The Balaban J connectivity index is 0. The van der Waals surface area contributed by atoms with E-state index in [1.165, 1.54) is 14.2 Å². The van der Waals surface area contributed by atoms with E-state index in [9.17, 15) is 9.90 Å². The molecule has 5 heteroatoms. The van der Waals surface area contributed by atoms with Crippen molar-refractivity contribution >= 4 is 5.97 Å². The van der Waals surface area contributed by atoms with Gasteiger partial charge in [-0.25, -0.2) is 4.79 Å². The molecule has 0 radical (unpaired) electrons. The van der Waals surface area contributed by atoms with Crippen LogP contribution in [-0.4, -0.2) is 20.2 Å². The van der Waals surface area contributed by atoms with E-state index in [4.69, 9.17) is 0 Å². The number of hydrogen-bond acceptors (Lipinski definition) is 4. The first-order valence-corrected chi connectivity index (χ1v) is 2.21. The molecular formula is C5H7NaO4. The van der Waals surface area contributed by atoms with Crippen LogP contribution in [0.4, 0.5) is 0 Å². The quantitative estimate of drug-likeness (QED) is 0.176. The van der Waals surface area contributed by atoms with E-state index in [-0.39, 0.29) is 29.6 Å². The summed E-state index contributed by atoms with van der Waals surface area (Å²) in [5, 5.41) is 10.2. The van der Waals surface area contributed by atoms with Crippen molar-refractivity contribution in [2.24, 2.45) is 0 Å². The third kappa shape index (κ3) is 5.94. The van der Waals surface area contributed by atoms with Crippen LogP contribution in [0.25, 0.3) is 0 Å². The Bertz CT molecular complexity index is 132. The molecule has 0 saturated carbocycles. The van der Waals surface area contributed by atoms with Crippen LogP contribution in [0.1, 0.15) is 0 Å². The van der Waals surface area contributed by atoms with Crippen molar-refractivity contribution in [1.82, 2.24) is 0 Å². The summed E-state index contributed by atoms with van der Waals surface area (Å²) < 4.78 is 8.25. The first-order valence-electron chi connectivity index (χ1n) is 2.21. The Morgan fingerprint density at radius 3 is 2.20 bits per heavy atom. The van der Waals surface area contributed by atoms with Crippen LogP contribution in [0.15, 0.2) is 12.0 Å². The zero-order valence-corrected chi connectivity index (χ0v) is 8.21. The predicted octanol–water partition coefficient (Wildman–Crippen LogP) is -3.99. The number of ether oxygens (including phenoxy) is 2. The zero-order valence-electron chi connectivity index (χ0n) is 6.21. The number of esters is 1. The standard InChI is InChI=1S/C5H8O4.Na/c1-8-4(6)3-5(7)9-2;/h3,6H,1-2H3;/q;+1/p-1/b4-3-;. The van der Waals surface area contributed by atoms with Crippen LogP contribution >= 0.6 is 0 Å². The Hall–Kier alpha value is -0.190. The van der Waals surface area contributed by atoms with Gasteiger partial charge in [0.2, 0.25) is 0 Å². The molecule has 0 N–H and O–H groups in total. The number of methoxy groups -OCH3 is 2. The molecule has 0 saturated heterocycles. The zero-order chi connectivity index (χ0) is 7.28. The van der Waals surface area contributed by atoms with E-state index in [1.807, 2.05) is 0 Å². The van der Waals surface area contributed by atoms with Gasteiger partial charge in [-0.3, -0.25) is 0 Å². The van der Waals surface area contributed by atoms with Crippen molar-refractivity contribution in [1.29, 1.82) is 0 Å². The second-order valence-electron chi connectivity index (χ2n) is 1.19. The maximum Gasteiger partial charge on any atom is 1.00 e. The molecule has 0 unspecified atom stereocenters. The van der Waals surface area contributed by atoms with E-state index < -0.39 is 11.9 Å². The Morgan fingerprint density at radius 1 is 1.40 bits per heavy atom. The summed E-state index contributed by atoms with van der Waals surface area (Å²) in [5.74, 6) is -1.41.